The lowest BCUT2D eigenvalue weighted by Crippen LogP contribution is -2.19. The number of aromatic amines is 1. The van der Waals surface area contributed by atoms with E-state index in [2.05, 4.69) is 14.7 Å². The van der Waals surface area contributed by atoms with E-state index in [-0.39, 0.29) is 11.4 Å². The number of pyridine rings is 1. The number of aromatic nitrogens is 2. The molecule has 104 valence electrons. The topological polar surface area (TPSA) is 81.3 Å². The molecule has 0 bridgehead atoms. The molecule has 0 aromatic carbocycles. The first kappa shape index (κ1) is 14.0. The number of hydrogen-bond acceptors (Lipinski definition) is 6. The van der Waals surface area contributed by atoms with Crippen LogP contribution in [-0.4, -0.2) is 30.2 Å². The average molecular weight is 292 g/mol. The fourth-order valence-electron chi connectivity index (χ4n) is 1.57. The third-order valence-corrected chi connectivity index (χ3v) is 3.23. The van der Waals surface area contributed by atoms with Crippen molar-refractivity contribution < 1.29 is 14.3 Å². The molecule has 0 saturated heterocycles. The van der Waals surface area contributed by atoms with Crippen LogP contribution in [0.2, 0.25) is 0 Å². The Bertz CT molecular complexity index is 689. The zero-order chi connectivity index (χ0) is 14.5. The highest BCUT2D eigenvalue weighted by Crippen LogP contribution is 2.14. The maximum Gasteiger partial charge on any atom is 0.344 e. The first-order valence-corrected chi connectivity index (χ1v) is 6.51. The van der Waals surface area contributed by atoms with E-state index in [1.54, 1.807) is 18.3 Å². The van der Waals surface area contributed by atoms with Gasteiger partial charge >= 0.3 is 5.97 Å². The fraction of sp³-hybridized carbons (Fsp3) is 0.154. The second kappa shape index (κ2) is 6.16. The molecule has 0 fully saturated rings. The average Bonchev–Trinajstić information content (AvgIpc) is 2.97. The Labute approximate surface area is 118 Å². The highest BCUT2D eigenvalue weighted by molar-refractivity contribution is 7.10. The number of nitrogens with one attached hydrogen (secondary N) is 1. The van der Waals surface area contributed by atoms with Crippen molar-refractivity contribution in [3.63, 3.8) is 0 Å². The summed E-state index contributed by atoms with van der Waals surface area (Å²) >= 11 is 1.44. The van der Waals surface area contributed by atoms with Gasteiger partial charge in [0.1, 0.15) is 10.6 Å². The van der Waals surface area contributed by atoms with Crippen LogP contribution in [0.1, 0.15) is 21.1 Å². The predicted molar refractivity (Wildman–Crippen MR) is 76.0 cm³/mol. The predicted octanol–water partition coefficient (Wildman–Crippen LogP) is 1.80. The number of rotatable bonds is 4. The van der Waals surface area contributed by atoms with Gasteiger partial charge in [0.05, 0.1) is 19.9 Å². The molecule has 20 heavy (non-hydrogen) atoms. The number of hydrogen-bond donors (Lipinski definition) is 1. The second-order valence-corrected chi connectivity index (χ2v) is 4.61. The summed E-state index contributed by atoms with van der Waals surface area (Å²) in [4.78, 5) is 30.6. The van der Waals surface area contributed by atoms with Crippen molar-refractivity contribution >= 4 is 29.5 Å². The molecule has 0 atom stereocenters. The standard InChI is InChI=1S/C13H12N2O4S/c1-18-10-7-9(16)12(13(17)19-2)8(15-10)3-4-11-14-5-6-20-11/h3-7H,1-2H3,(H,15,16)/b4-3+. The van der Waals surface area contributed by atoms with Gasteiger partial charge in [-0.15, -0.1) is 11.3 Å². The Hall–Kier alpha value is -2.41. The minimum atomic E-state index is -0.701. The number of carbonyl (C=O) groups excluding carboxylic acids is 1. The number of esters is 1. The third kappa shape index (κ3) is 2.94. The Morgan fingerprint density at radius 1 is 1.40 bits per heavy atom. The van der Waals surface area contributed by atoms with Gasteiger partial charge in [0.25, 0.3) is 0 Å². The van der Waals surface area contributed by atoms with Crippen LogP contribution in [0.5, 0.6) is 5.88 Å². The van der Waals surface area contributed by atoms with E-state index < -0.39 is 11.4 Å². The van der Waals surface area contributed by atoms with Gasteiger partial charge in [0.2, 0.25) is 5.43 Å². The van der Waals surface area contributed by atoms with Gasteiger partial charge in [-0.2, -0.15) is 0 Å². The van der Waals surface area contributed by atoms with E-state index >= 15 is 0 Å². The van der Waals surface area contributed by atoms with Crippen LogP contribution >= 0.6 is 11.3 Å². The number of nitrogens with zero attached hydrogens (tertiary/aromatic N) is 1. The van der Waals surface area contributed by atoms with Gasteiger partial charge in [-0.05, 0) is 12.2 Å². The maximum absolute atomic E-state index is 11.9. The van der Waals surface area contributed by atoms with Crippen LogP contribution in [0.15, 0.2) is 22.4 Å². The van der Waals surface area contributed by atoms with E-state index in [1.165, 1.54) is 31.6 Å². The van der Waals surface area contributed by atoms with E-state index in [0.717, 1.165) is 5.01 Å². The Morgan fingerprint density at radius 2 is 2.20 bits per heavy atom. The van der Waals surface area contributed by atoms with Crippen LogP contribution in [0.25, 0.3) is 12.2 Å². The van der Waals surface area contributed by atoms with Crippen LogP contribution in [-0.2, 0) is 4.74 Å². The normalized spacial score (nSPS) is 10.7. The zero-order valence-corrected chi connectivity index (χ0v) is 11.7. The first-order chi connectivity index (χ1) is 9.65. The molecule has 2 aromatic rings. The number of H-pyrrole nitrogens is 1. The van der Waals surface area contributed by atoms with Gasteiger partial charge in [-0.25, -0.2) is 9.78 Å². The summed E-state index contributed by atoms with van der Waals surface area (Å²) in [5.74, 6) is -0.436. The van der Waals surface area contributed by atoms with Crippen molar-refractivity contribution in [2.24, 2.45) is 0 Å². The molecular weight excluding hydrogens is 280 g/mol. The summed E-state index contributed by atoms with van der Waals surface area (Å²) in [5, 5.41) is 2.58. The molecule has 7 heteroatoms. The number of carbonyl (C=O) groups is 1. The highest BCUT2D eigenvalue weighted by atomic mass is 32.1. The van der Waals surface area contributed by atoms with Crippen molar-refractivity contribution in [2.45, 2.75) is 0 Å². The molecule has 0 aliphatic carbocycles. The van der Waals surface area contributed by atoms with Crippen molar-refractivity contribution in [2.75, 3.05) is 14.2 Å². The summed E-state index contributed by atoms with van der Waals surface area (Å²) in [6.45, 7) is 0. The maximum atomic E-state index is 11.9. The largest absolute Gasteiger partial charge is 0.482 e. The van der Waals surface area contributed by atoms with E-state index in [1.807, 2.05) is 5.38 Å². The fourth-order valence-corrected chi connectivity index (χ4v) is 2.10. The summed E-state index contributed by atoms with van der Waals surface area (Å²) in [5.41, 5.74) is -0.219. The molecule has 2 heterocycles. The first-order valence-electron chi connectivity index (χ1n) is 5.63. The highest BCUT2D eigenvalue weighted by Gasteiger charge is 2.16. The summed E-state index contributed by atoms with van der Waals surface area (Å²) in [6.07, 6.45) is 4.96. The number of thiazole rings is 1. The van der Waals surface area contributed by atoms with Gasteiger partial charge in [-0.1, -0.05) is 0 Å². The minimum Gasteiger partial charge on any atom is -0.482 e. The molecule has 0 unspecified atom stereocenters. The second-order valence-electron chi connectivity index (χ2n) is 3.69. The molecule has 0 radical (unpaired) electrons. The van der Waals surface area contributed by atoms with Gasteiger partial charge in [0.15, 0.2) is 5.88 Å². The monoisotopic (exact) mass is 292 g/mol. The Kier molecular flexibility index (Phi) is 4.31. The number of methoxy groups -OCH3 is 2. The molecule has 0 aliphatic rings. The molecule has 6 nitrogen and oxygen atoms in total. The molecule has 1 N–H and O–H groups in total. The van der Waals surface area contributed by atoms with Crippen LogP contribution in [0.3, 0.4) is 0 Å². The van der Waals surface area contributed by atoms with Crippen LogP contribution in [0.4, 0.5) is 0 Å². The Balaban J connectivity index is 2.51. The smallest absolute Gasteiger partial charge is 0.344 e. The van der Waals surface area contributed by atoms with Gasteiger partial charge in [-0.3, -0.25) is 4.79 Å². The van der Waals surface area contributed by atoms with Crippen LogP contribution < -0.4 is 10.2 Å². The van der Waals surface area contributed by atoms with E-state index in [0.29, 0.717) is 5.69 Å². The summed E-state index contributed by atoms with van der Waals surface area (Å²) < 4.78 is 9.61. The molecule has 2 rings (SSSR count). The lowest BCUT2D eigenvalue weighted by atomic mass is 10.1. The minimum absolute atomic E-state index is 0.0684. The molecule has 0 spiro atoms. The van der Waals surface area contributed by atoms with E-state index in [9.17, 15) is 9.59 Å². The molecule has 0 amide bonds. The van der Waals surface area contributed by atoms with Crippen molar-refractivity contribution in [1.29, 1.82) is 0 Å². The SMILES string of the molecule is COC(=O)c1c(/C=C/c2nccs2)[nH]c(OC)cc1=O. The zero-order valence-electron chi connectivity index (χ0n) is 10.9. The van der Waals surface area contributed by atoms with Crippen molar-refractivity contribution in [3.8, 4) is 5.88 Å². The Morgan fingerprint density at radius 3 is 2.80 bits per heavy atom. The lowest BCUT2D eigenvalue weighted by molar-refractivity contribution is 0.0598. The quantitative estimate of drug-likeness (QED) is 0.869. The molecule has 0 aliphatic heterocycles. The lowest BCUT2D eigenvalue weighted by Gasteiger charge is -2.06. The molecule has 2 aromatic heterocycles. The van der Waals surface area contributed by atoms with Crippen LogP contribution in [0, 0.1) is 0 Å². The molecular formula is C13H12N2O4S. The molecule has 0 saturated carbocycles. The summed E-state index contributed by atoms with van der Waals surface area (Å²) in [6, 6.07) is 1.20. The van der Waals surface area contributed by atoms with Crippen molar-refractivity contribution in [1.82, 2.24) is 9.97 Å². The van der Waals surface area contributed by atoms with E-state index in [4.69, 9.17) is 4.74 Å². The van der Waals surface area contributed by atoms with Gasteiger partial charge in [0, 0.05) is 17.6 Å². The van der Waals surface area contributed by atoms with Crippen molar-refractivity contribution in [3.05, 3.63) is 44.1 Å². The summed E-state index contributed by atoms with van der Waals surface area (Å²) in [7, 11) is 2.65. The number of ether oxygens (including phenoxy) is 2. The van der Waals surface area contributed by atoms with Gasteiger partial charge < -0.3 is 14.5 Å². The third-order valence-electron chi connectivity index (χ3n) is 2.49.